The van der Waals surface area contributed by atoms with Gasteiger partial charge in [-0.2, -0.15) is 13.2 Å². The lowest BCUT2D eigenvalue weighted by molar-refractivity contribution is -0.157. The molecule has 1 aliphatic rings. The van der Waals surface area contributed by atoms with Crippen molar-refractivity contribution in [2.24, 2.45) is 0 Å². The fourth-order valence-electron chi connectivity index (χ4n) is 1.80. The number of hydrogen-bond donors (Lipinski definition) is 1. The topological polar surface area (TPSA) is 38.1 Å². The van der Waals surface area contributed by atoms with Crippen LogP contribution in [-0.4, -0.2) is 18.1 Å². The van der Waals surface area contributed by atoms with E-state index in [9.17, 15) is 13.2 Å². The van der Waals surface area contributed by atoms with Gasteiger partial charge in [-0.25, -0.2) is 4.98 Å². The molecule has 1 saturated heterocycles. The Labute approximate surface area is 84.7 Å². The molecule has 0 amide bonds. The summed E-state index contributed by atoms with van der Waals surface area (Å²) in [5.74, 6) is -0.817. The van der Waals surface area contributed by atoms with E-state index < -0.39 is 12.1 Å². The van der Waals surface area contributed by atoms with Crippen LogP contribution in [0.1, 0.15) is 29.7 Å². The Kier molecular flexibility index (Phi) is 2.46. The molecule has 1 atom stereocenters. The quantitative estimate of drug-likeness (QED) is 0.787. The standard InChI is InChI=1S/C9H11F3N2O/c1-5-7(6-2-3-13-4-6)14-8(15-5)9(10,11)12/h6,13H,2-4H2,1H3. The summed E-state index contributed by atoms with van der Waals surface area (Å²) in [5, 5.41) is 3.08. The summed E-state index contributed by atoms with van der Waals surface area (Å²) in [5.41, 5.74) is 0.437. The summed E-state index contributed by atoms with van der Waals surface area (Å²) in [7, 11) is 0. The molecule has 1 aromatic rings. The van der Waals surface area contributed by atoms with Gasteiger partial charge in [0.25, 0.3) is 0 Å². The predicted molar refractivity (Wildman–Crippen MR) is 46.5 cm³/mol. The second-order valence-electron chi connectivity index (χ2n) is 3.65. The van der Waals surface area contributed by atoms with Crippen LogP contribution < -0.4 is 5.32 Å². The summed E-state index contributed by atoms with van der Waals surface area (Å²) in [6.07, 6.45) is -3.68. The van der Waals surface area contributed by atoms with E-state index in [0.29, 0.717) is 12.2 Å². The number of oxazole rings is 1. The minimum Gasteiger partial charge on any atom is -0.438 e. The second-order valence-corrected chi connectivity index (χ2v) is 3.65. The molecule has 2 rings (SSSR count). The van der Waals surface area contributed by atoms with E-state index in [4.69, 9.17) is 0 Å². The van der Waals surface area contributed by atoms with Crippen molar-refractivity contribution >= 4 is 0 Å². The molecule has 15 heavy (non-hydrogen) atoms. The van der Waals surface area contributed by atoms with Crippen LogP contribution in [0.2, 0.25) is 0 Å². The first-order valence-corrected chi connectivity index (χ1v) is 4.73. The van der Waals surface area contributed by atoms with E-state index in [2.05, 4.69) is 14.7 Å². The summed E-state index contributed by atoms with van der Waals surface area (Å²) < 4.78 is 41.5. The molecule has 0 saturated carbocycles. The maximum Gasteiger partial charge on any atom is 0.468 e. The highest BCUT2D eigenvalue weighted by Crippen LogP contribution is 2.33. The van der Waals surface area contributed by atoms with Crippen LogP contribution in [0.15, 0.2) is 4.42 Å². The van der Waals surface area contributed by atoms with Gasteiger partial charge in [0.05, 0.1) is 5.69 Å². The number of rotatable bonds is 1. The monoisotopic (exact) mass is 220 g/mol. The van der Waals surface area contributed by atoms with Crippen LogP contribution in [0, 0.1) is 6.92 Å². The molecular weight excluding hydrogens is 209 g/mol. The average molecular weight is 220 g/mol. The van der Waals surface area contributed by atoms with Gasteiger partial charge in [0.1, 0.15) is 5.76 Å². The van der Waals surface area contributed by atoms with Crippen LogP contribution in [0.5, 0.6) is 0 Å². The molecule has 2 heterocycles. The molecule has 0 aromatic carbocycles. The molecule has 6 heteroatoms. The molecule has 0 spiro atoms. The van der Waals surface area contributed by atoms with Crippen molar-refractivity contribution in [3.8, 4) is 0 Å². The highest BCUT2D eigenvalue weighted by molar-refractivity contribution is 5.16. The van der Waals surface area contributed by atoms with E-state index in [1.807, 2.05) is 0 Å². The number of nitrogens with one attached hydrogen (secondary N) is 1. The fraction of sp³-hybridized carbons (Fsp3) is 0.667. The first-order valence-electron chi connectivity index (χ1n) is 4.73. The number of nitrogens with zero attached hydrogens (tertiary/aromatic N) is 1. The van der Waals surface area contributed by atoms with Crippen LogP contribution in [0.4, 0.5) is 13.2 Å². The third kappa shape index (κ3) is 1.99. The molecule has 3 nitrogen and oxygen atoms in total. The van der Waals surface area contributed by atoms with E-state index in [1.165, 1.54) is 6.92 Å². The third-order valence-corrected chi connectivity index (χ3v) is 2.52. The van der Waals surface area contributed by atoms with Gasteiger partial charge in [-0.15, -0.1) is 0 Å². The third-order valence-electron chi connectivity index (χ3n) is 2.52. The zero-order valence-electron chi connectivity index (χ0n) is 8.19. The Morgan fingerprint density at radius 1 is 1.47 bits per heavy atom. The van der Waals surface area contributed by atoms with Crippen LogP contribution >= 0.6 is 0 Å². The van der Waals surface area contributed by atoms with Crippen molar-refractivity contribution < 1.29 is 17.6 Å². The first-order chi connectivity index (χ1) is 6.98. The molecule has 0 aliphatic carbocycles. The van der Waals surface area contributed by atoms with Gasteiger partial charge in [0, 0.05) is 12.5 Å². The maximum atomic E-state index is 12.3. The minimum absolute atomic E-state index is 0.0462. The van der Waals surface area contributed by atoms with Crippen LogP contribution in [0.25, 0.3) is 0 Å². The normalized spacial score (nSPS) is 22.3. The summed E-state index contributed by atoms with van der Waals surface area (Å²) >= 11 is 0. The second kappa shape index (κ2) is 3.52. The van der Waals surface area contributed by atoms with Crippen molar-refractivity contribution in [2.75, 3.05) is 13.1 Å². The van der Waals surface area contributed by atoms with E-state index >= 15 is 0 Å². The summed E-state index contributed by atoms with van der Waals surface area (Å²) in [6, 6.07) is 0. The number of alkyl halides is 3. The van der Waals surface area contributed by atoms with Crippen molar-refractivity contribution in [1.29, 1.82) is 0 Å². The van der Waals surface area contributed by atoms with E-state index in [0.717, 1.165) is 13.0 Å². The van der Waals surface area contributed by atoms with Crippen molar-refractivity contribution in [1.82, 2.24) is 10.3 Å². The zero-order chi connectivity index (χ0) is 11.1. The van der Waals surface area contributed by atoms with Crippen molar-refractivity contribution in [3.63, 3.8) is 0 Å². The Balaban J connectivity index is 2.29. The highest BCUT2D eigenvalue weighted by atomic mass is 19.4. The predicted octanol–water partition coefficient (Wildman–Crippen LogP) is 2.08. The number of aromatic nitrogens is 1. The minimum atomic E-state index is -4.49. The molecule has 1 aliphatic heterocycles. The van der Waals surface area contributed by atoms with Crippen LogP contribution in [0.3, 0.4) is 0 Å². The number of hydrogen-bond acceptors (Lipinski definition) is 3. The van der Waals surface area contributed by atoms with Crippen molar-refractivity contribution in [3.05, 3.63) is 17.3 Å². The molecule has 1 fully saturated rings. The SMILES string of the molecule is Cc1oc(C(F)(F)F)nc1C1CCNC1. The largest absolute Gasteiger partial charge is 0.468 e. The lowest BCUT2D eigenvalue weighted by Crippen LogP contribution is -2.09. The lowest BCUT2D eigenvalue weighted by atomic mass is 10.0. The van der Waals surface area contributed by atoms with Gasteiger partial charge < -0.3 is 9.73 Å². The number of halogens is 3. The van der Waals surface area contributed by atoms with Gasteiger partial charge in [-0.3, -0.25) is 0 Å². The number of aryl methyl sites for hydroxylation is 1. The van der Waals surface area contributed by atoms with Gasteiger partial charge in [-0.1, -0.05) is 0 Å². The van der Waals surface area contributed by atoms with Gasteiger partial charge >= 0.3 is 12.1 Å². The van der Waals surface area contributed by atoms with E-state index in [-0.39, 0.29) is 11.7 Å². The van der Waals surface area contributed by atoms with Gasteiger partial charge in [0.15, 0.2) is 0 Å². The van der Waals surface area contributed by atoms with Crippen LogP contribution in [-0.2, 0) is 6.18 Å². The molecule has 84 valence electrons. The molecule has 0 bridgehead atoms. The van der Waals surface area contributed by atoms with Gasteiger partial charge in [0.2, 0.25) is 0 Å². The van der Waals surface area contributed by atoms with Crippen molar-refractivity contribution in [2.45, 2.75) is 25.4 Å². The molecule has 0 radical (unpaired) electrons. The molecule has 1 aromatic heterocycles. The van der Waals surface area contributed by atoms with E-state index in [1.54, 1.807) is 0 Å². The average Bonchev–Trinajstić information content (AvgIpc) is 2.69. The maximum absolute atomic E-state index is 12.3. The fourth-order valence-corrected chi connectivity index (χ4v) is 1.80. The Hall–Kier alpha value is -1.04. The Bertz CT molecular complexity index is 353. The highest BCUT2D eigenvalue weighted by Gasteiger charge is 2.39. The summed E-state index contributed by atoms with van der Waals surface area (Å²) in [6.45, 7) is 3.01. The smallest absolute Gasteiger partial charge is 0.438 e. The Morgan fingerprint density at radius 2 is 2.20 bits per heavy atom. The lowest BCUT2D eigenvalue weighted by Gasteiger charge is -2.03. The van der Waals surface area contributed by atoms with Gasteiger partial charge in [-0.05, 0) is 19.9 Å². The molecule has 1 unspecified atom stereocenters. The Morgan fingerprint density at radius 3 is 2.67 bits per heavy atom. The first kappa shape index (κ1) is 10.5. The summed E-state index contributed by atoms with van der Waals surface area (Å²) in [4.78, 5) is 3.53. The molecule has 1 N–H and O–H groups in total. The molecular formula is C9H11F3N2O. The zero-order valence-corrected chi connectivity index (χ0v) is 8.19.